The molecule has 0 radical (unpaired) electrons. The van der Waals surface area contributed by atoms with Crippen LogP contribution in [0.15, 0.2) is 22.9 Å². The summed E-state index contributed by atoms with van der Waals surface area (Å²) in [4.78, 5) is 11.5. The van der Waals surface area contributed by atoms with E-state index in [2.05, 4.69) is 20.0 Å². The van der Waals surface area contributed by atoms with E-state index in [4.69, 9.17) is 14.0 Å². The van der Waals surface area contributed by atoms with E-state index in [1.807, 2.05) is 12.1 Å². The Morgan fingerprint density at radius 1 is 1.28 bits per heavy atom. The van der Waals surface area contributed by atoms with Crippen LogP contribution in [0.25, 0.3) is 11.5 Å². The van der Waals surface area contributed by atoms with Crippen LogP contribution in [-0.2, 0) is 4.74 Å². The smallest absolute Gasteiger partial charge is 0.244 e. The van der Waals surface area contributed by atoms with E-state index in [1.54, 1.807) is 13.3 Å². The van der Waals surface area contributed by atoms with Crippen LogP contribution in [0.4, 0.5) is 0 Å². The van der Waals surface area contributed by atoms with Gasteiger partial charge in [0.2, 0.25) is 11.7 Å². The quantitative estimate of drug-likeness (QED) is 0.682. The van der Waals surface area contributed by atoms with E-state index in [9.17, 15) is 0 Å². The fourth-order valence-electron chi connectivity index (χ4n) is 3.30. The van der Waals surface area contributed by atoms with Gasteiger partial charge in [0, 0.05) is 25.9 Å². The Morgan fingerprint density at radius 3 is 3.04 bits per heavy atom. The predicted octanol–water partition coefficient (Wildman–Crippen LogP) is 2.70. The Hall–Kier alpha value is -1.99. The molecule has 2 fully saturated rings. The number of nitrogens with zero attached hydrogens (tertiary/aromatic N) is 4. The molecule has 1 aliphatic heterocycles. The van der Waals surface area contributed by atoms with Crippen molar-refractivity contribution < 1.29 is 14.0 Å². The molecule has 2 aromatic heterocycles. The molecule has 0 unspecified atom stereocenters. The van der Waals surface area contributed by atoms with Gasteiger partial charge in [-0.2, -0.15) is 4.98 Å². The van der Waals surface area contributed by atoms with Gasteiger partial charge in [0.25, 0.3) is 0 Å². The molecule has 134 valence electrons. The lowest BCUT2D eigenvalue weighted by molar-refractivity contribution is 0.146. The minimum absolute atomic E-state index is 0.253. The molecule has 0 aromatic carbocycles. The van der Waals surface area contributed by atoms with Gasteiger partial charge in [-0.15, -0.1) is 0 Å². The maximum absolute atomic E-state index is 5.62. The lowest BCUT2D eigenvalue weighted by Gasteiger charge is -2.20. The number of aromatic nitrogens is 3. The number of ether oxygens (including phenoxy) is 2. The molecule has 0 N–H and O–H groups in total. The normalized spacial score (nSPS) is 20.9. The SMILES string of the molecule is COCCOc1ccnc(-c2noc([C@@H]3CCCN3CC3CC3)n2)c1. The number of hydrogen-bond acceptors (Lipinski definition) is 7. The molecule has 1 atom stereocenters. The second kappa shape index (κ2) is 7.49. The van der Waals surface area contributed by atoms with E-state index in [0.29, 0.717) is 30.6 Å². The molecule has 0 spiro atoms. The van der Waals surface area contributed by atoms with Crippen LogP contribution in [-0.4, -0.2) is 53.4 Å². The number of hydrogen-bond donors (Lipinski definition) is 0. The Bertz CT molecular complexity index is 701. The van der Waals surface area contributed by atoms with Gasteiger partial charge in [-0.3, -0.25) is 9.88 Å². The van der Waals surface area contributed by atoms with E-state index in [1.165, 1.54) is 19.3 Å². The van der Waals surface area contributed by atoms with Crippen LogP contribution >= 0.6 is 0 Å². The van der Waals surface area contributed by atoms with Crippen molar-refractivity contribution in [2.75, 3.05) is 33.4 Å². The van der Waals surface area contributed by atoms with Crippen LogP contribution in [0.2, 0.25) is 0 Å². The monoisotopic (exact) mass is 344 g/mol. The summed E-state index contributed by atoms with van der Waals surface area (Å²) in [5, 5.41) is 4.14. The fourth-order valence-corrected chi connectivity index (χ4v) is 3.30. The molecule has 1 saturated heterocycles. The molecule has 0 bridgehead atoms. The van der Waals surface area contributed by atoms with Crippen molar-refractivity contribution in [1.82, 2.24) is 20.0 Å². The molecule has 3 heterocycles. The third kappa shape index (κ3) is 3.99. The van der Waals surface area contributed by atoms with Crippen molar-refractivity contribution in [2.45, 2.75) is 31.7 Å². The highest BCUT2D eigenvalue weighted by atomic mass is 16.5. The summed E-state index contributed by atoms with van der Waals surface area (Å²) >= 11 is 0. The summed E-state index contributed by atoms with van der Waals surface area (Å²) in [5.41, 5.74) is 0.664. The van der Waals surface area contributed by atoms with Crippen molar-refractivity contribution in [3.8, 4) is 17.3 Å². The van der Waals surface area contributed by atoms with E-state index >= 15 is 0 Å². The van der Waals surface area contributed by atoms with E-state index < -0.39 is 0 Å². The minimum atomic E-state index is 0.253. The largest absolute Gasteiger partial charge is 0.491 e. The number of likely N-dealkylation sites (tertiary alicyclic amines) is 1. The predicted molar refractivity (Wildman–Crippen MR) is 91.2 cm³/mol. The number of methoxy groups -OCH3 is 1. The summed E-state index contributed by atoms with van der Waals surface area (Å²) < 4.78 is 16.2. The van der Waals surface area contributed by atoms with Crippen molar-refractivity contribution >= 4 is 0 Å². The van der Waals surface area contributed by atoms with E-state index in [0.717, 1.165) is 31.2 Å². The van der Waals surface area contributed by atoms with Gasteiger partial charge in [0.15, 0.2) is 0 Å². The first kappa shape index (κ1) is 16.5. The average Bonchev–Trinajstić information content (AvgIpc) is 3.11. The zero-order valence-corrected chi connectivity index (χ0v) is 14.6. The van der Waals surface area contributed by atoms with Crippen molar-refractivity contribution in [1.29, 1.82) is 0 Å². The van der Waals surface area contributed by atoms with Crippen LogP contribution in [0, 0.1) is 5.92 Å². The summed E-state index contributed by atoms with van der Waals surface area (Å²) in [6, 6.07) is 3.90. The summed E-state index contributed by atoms with van der Waals surface area (Å²) in [5.74, 6) is 2.82. The zero-order valence-electron chi connectivity index (χ0n) is 14.6. The first-order chi connectivity index (χ1) is 12.3. The Morgan fingerprint density at radius 2 is 2.20 bits per heavy atom. The Balaban J connectivity index is 1.46. The number of rotatable bonds is 8. The highest BCUT2D eigenvalue weighted by Crippen LogP contribution is 2.37. The molecule has 1 saturated carbocycles. The molecular formula is C18H24N4O3. The standard InChI is InChI=1S/C18H24N4O3/c1-23-9-10-24-14-6-7-19-15(11-14)17-20-18(25-21-17)16-3-2-8-22(16)12-13-4-5-13/h6-7,11,13,16H,2-5,8-10,12H2,1H3/t16-/m0/s1. The lowest BCUT2D eigenvalue weighted by Crippen LogP contribution is -2.25. The maximum Gasteiger partial charge on any atom is 0.244 e. The van der Waals surface area contributed by atoms with Crippen molar-refractivity contribution in [3.63, 3.8) is 0 Å². The first-order valence-electron chi connectivity index (χ1n) is 8.99. The summed E-state index contributed by atoms with van der Waals surface area (Å²) in [6.07, 6.45) is 6.69. The highest BCUT2D eigenvalue weighted by Gasteiger charge is 2.34. The molecule has 7 heteroatoms. The number of pyridine rings is 1. The van der Waals surface area contributed by atoms with Crippen molar-refractivity contribution in [3.05, 3.63) is 24.2 Å². The first-order valence-corrected chi connectivity index (χ1v) is 8.99. The van der Waals surface area contributed by atoms with Crippen LogP contribution in [0.3, 0.4) is 0 Å². The molecule has 25 heavy (non-hydrogen) atoms. The van der Waals surface area contributed by atoms with Gasteiger partial charge in [0.1, 0.15) is 18.1 Å². The van der Waals surface area contributed by atoms with Gasteiger partial charge >= 0.3 is 0 Å². The summed E-state index contributed by atoms with van der Waals surface area (Å²) in [6.45, 7) is 3.32. The second-order valence-electron chi connectivity index (χ2n) is 6.77. The second-order valence-corrected chi connectivity index (χ2v) is 6.77. The van der Waals surface area contributed by atoms with E-state index in [-0.39, 0.29) is 6.04 Å². The third-order valence-electron chi connectivity index (χ3n) is 4.80. The van der Waals surface area contributed by atoms with Gasteiger partial charge in [-0.1, -0.05) is 5.16 Å². The van der Waals surface area contributed by atoms with Crippen LogP contribution in [0.5, 0.6) is 5.75 Å². The van der Waals surface area contributed by atoms with Crippen LogP contribution in [0.1, 0.15) is 37.6 Å². The Kier molecular flexibility index (Phi) is 4.94. The lowest BCUT2D eigenvalue weighted by atomic mass is 10.2. The van der Waals surface area contributed by atoms with Gasteiger partial charge in [-0.25, -0.2) is 0 Å². The fraction of sp³-hybridized carbons (Fsp3) is 0.611. The molecule has 0 amide bonds. The highest BCUT2D eigenvalue weighted by molar-refractivity contribution is 5.50. The summed E-state index contributed by atoms with van der Waals surface area (Å²) in [7, 11) is 1.65. The van der Waals surface area contributed by atoms with Crippen LogP contribution < -0.4 is 4.74 Å². The third-order valence-corrected chi connectivity index (χ3v) is 4.80. The molecule has 2 aliphatic rings. The van der Waals surface area contributed by atoms with Gasteiger partial charge < -0.3 is 14.0 Å². The molecular weight excluding hydrogens is 320 g/mol. The van der Waals surface area contributed by atoms with Gasteiger partial charge in [0.05, 0.1) is 12.6 Å². The van der Waals surface area contributed by atoms with Gasteiger partial charge in [-0.05, 0) is 44.2 Å². The van der Waals surface area contributed by atoms with Crippen molar-refractivity contribution in [2.24, 2.45) is 5.92 Å². The maximum atomic E-state index is 5.62. The molecule has 4 rings (SSSR count). The Labute approximate surface area is 147 Å². The molecule has 1 aliphatic carbocycles. The average molecular weight is 344 g/mol. The minimum Gasteiger partial charge on any atom is -0.491 e. The molecule has 7 nitrogen and oxygen atoms in total. The zero-order chi connectivity index (χ0) is 17.1. The molecule has 2 aromatic rings. The topological polar surface area (TPSA) is 73.5 Å².